The highest BCUT2D eigenvalue weighted by atomic mass is 16.1. The van der Waals surface area contributed by atoms with Crippen LogP contribution in [-0.2, 0) is 4.79 Å². The van der Waals surface area contributed by atoms with Gasteiger partial charge in [-0.3, -0.25) is 4.79 Å². The Labute approximate surface area is 128 Å². The van der Waals surface area contributed by atoms with Crippen molar-refractivity contribution in [3.63, 3.8) is 0 Å². The van der Waals surface area contributed by atoms with Crippen molar-refractivity contribution in [3.8, 4) is 0 Å². The van der Waals surface area contributed by atoms with Crippen LogP contribution in [0, 0.1) is 5.92 Å². The van der Waals surface area contributed by atoms with Gasteiger partial charge in [0.05, 0.1) is 6.54 Å². The zero-order valence-electron chi connectivity index (χ0n) is 13.3. The predicted molar refractivity (Wildman–Crippen MR) is 87.3 cm³/mol. The number of hydrogen-bond acceptors (Lipinski definition) is 2. The Balaban J connectivity index is 1.66. The van der Waals surface area contributed by atoms with E-state index in [1.165, 1.54) is 18.4 Å². The summed E-state index contributed by atoms with van der Waals surface area (Å²) in [5.41, 5.74) is 1.46. The normalized spacial score (nSPS) is 22.2. The summed E-state index contributed by atoms with van der Waals surface area (Å²) in [6.45, 7) is 5.44. The van der Waals surface area contributed by atoms with Gasteiger partial charge in [0, 0.05) is 12.6 Å². The molecule has 1 aromatic rings. The maximum Gasteiger partial charge on any atom is 0.233 e. The molecule has 0 atom stereocenters. The third-order valence-corrected chi connectivity index (χ3v) is 4.26. The smallest absolute Gasteiger partial charge is 0.233 e. The lowest BCUT2D eigenvalue weighted by Gasteiger charge is -2.29. The highest BCUT2D eigenvalue weighted by molar-refractivity contribution is 5.77. The molecule has 1 aliphatic rings. The van der Waals surface area contributed by atoms with E-state index in [2.05, 4.69) is 54.8 Å². The third-order valence-electron chi connectivity index (χ3n) is 4.26. The summed E-state index contributed by atoms with van der Waals surface area (Å²) in [6, 6.07) is 11.3. The summed E-state index contributed by atoms with van der Waals surface area (Å²) < 4.78 is 0. The van der Waals surface area contributed by atoms with Gasteiger partial charge >= 0.3 is 0 Å². The fourth-order valence-electron chi connectivity index (χ4n) is 2.97. The second-order valence-electron chi connectivity index (χ2n) is 6.54. The zero-order chi connectivity index (χ0) is 15.1. The van der Waals surface area contributed by atoms with Crippen LogP contribution in [0.3, 0.4) is 0 Å². The first kappa shape index (κ1) is 16.0. The molecule has 0 bridgehead atoms. The minimum absolute atomic E-state index is 0.119. The molecule has 3 nitrogen and oxygen atoms in total. The van der Waals surface area contributed by atoms with Gasteiger partial charge in [-0.1, -0.05) is 44.2 Å². The van der Waals surface area contributed by atoms with Crippen molar-refractivity contribution in [2.45, 2.75) is 51.5 Å². The summed E-state index contributed by atoms with van der Waals surface area (Å²) >= 11 is 0. The summed E-state index contributed by atoms with van der Waals surface area (Å²) in [6.07, 6.45) is 4.76. The first-order valence-corrected chi connectivity index (χ1v) is 8.20. The minimum Gasteiger partial charge on any atom is -0.355 e. The molecular formula is C18H28N2O. The Kier molecular flexibility index (Phi) is 6.24. The van der Waals surface area contributed by atoms with E-state index in [4.69, 9.17) is 0 Å². The Morgan fingerprint density at radius 3 is 2.43 bits per heavy atom. The molecule has 1 saturated carbocycles. The summed E-state index contributed by atoms with van der Waals surface area (Å²) in [7, 11) is 0. The first-order valence-electron chi connectivity index (χ1n) is 8.20. The van der Waals surface area contributed by atoms with Gasteiger partial charge in [-0.05, 0) is 43.1 Å². The van der Waals surface area contributed by atoms with Crippen LogP contribution in [0.1, 0.15) is 51.0 Å². The van der Waals surface area contributed by atoms with E-state index in [-0.39, 0.29) is 5.91 Å². The van der Waals surface area contributed by atoms with Gasteiger partial charge < -0.3 is 10.6 Å². The summed E-state index contributed by atoms with van der Waals surface area (Å²) in [5, 5.41) is 6.36. The van der Waals surface area contributed by atoms with Crippen LogP contribution in [0.4, 0.5) is 0 Å². The molecule has 0 aliphatic heterocycles. The highest BCUT2D eigenvalue weighted by Gasteiger charge is 2.22. The molecular weight excluding hydrogens is 260 g/mol. The van der Waals surface area contributed by atoms with Gasteiger partial charge in [0.15, 0.2) is 0 Å². The largest absolute Gasteiger partial charge is 0.355 e. The van der Waals surface area contributed by atoms with Crippen molar-refractivity contribution in [1.82, 2.24) is 10.6 Å². The topological polar surface area (TPSA) is 41.1 Å². The highest BCUT2D eigenvalue weighted by Crippen LogP contribution is 2.32. The fraction of sp³-hybridized carbons (Fsp3) is 0.611. The van der Waals surface area contributed by atoms with E-state index in [0.717, 1.165) is 19.4 Å². The molecule has 0 unspecified atom stereocenters. The quantitative estimate of drug-likeness (QED) is 0.844. The molecule has 1 aliphatic carbocycles. The molecule has 0 aromatic heterocycles. The molecule has 2 N–H and O–H groups in total. The van der Waals surface area contributed by atoms with Gasteiger partial charge in [0.25, 0.3) is 0 Å². The van der Waals surface area contributed by atoms with Gasteiger partial charge in [0.1, 0.15) is 0 Å². The summed E-state index contributed by atoms with van der Waals surface area (Å²) in [4.78, 5) is 11.7. The first-order chi connectivity index (χ1) is 10.1. The van der Waals surface area contributed by atoms with E-state index in [1.54, 1.807) is 0 Å². The lowest BCUT2D eigenvalue weighted by Crippen LogP contribution is -2.41. The molecule has 1 fully saturated rings. The second kappa shape index (κ2) is 8.18. The van der Waals surface area contributed by atoms with E-state index in [9.17, 15) is 4.79 Å². The molecule has 1 aromatic carbocycles. The number of nitrogens with one attached hydrogen (secondary N) is 2. The van der Waals surface area contributed by atoms with E-state index in [1.807, 2.05) is 0 Å². The van der Waals surface area contributed by atoms with Crippen LogP contribution in [0.25, 0.3) is 0 Å². The molecule has 0 saturated heterocycles. The molecule has 3 heteroatoms. The zero-order valence-corrected chi connectivity index (χ0v) is 13.3. The van der Waals surface area contributed by atoms with Gasteiger partial charge in [-0.15, -0.1) is 0 Å². The SMILES string of the molecule is CC(C)CNC(=O)CNC1CCC(c2ccccc2)CC1. The van der Waals surface area contributed by atoms with Crippen molar-refractivity contribution < 1.29 is 4.79 Å². The Morgan fingerprint density at radius 2 is 1.81 bits per heavy atom. The molecule has 1 amide bonds. The average Bonchev–Trinajstić information content (AvgIpc) is 2.52. The monoisotopic (exact) mass is 288 g/mol. The molecule has 0 spiro atoms. The van der Waals surface area contributed by atoms with Crippen LogP contribution in [-0.4, -0.2) is 25.0 Å². The maximum atomic E-state index is 11.7. The van der Waals surface area contributed by atoms with E-state index in [0.29, 0.717) is 24.4 Å². The lowest BCUT2D eigenvalue weighted by molar-refractivity contribution is -0.120. The standard InChI is InChI=1S/C18H28N2O/c1-14(2)12-20-18(21)13-19-17-10-8-16(9-11-17)15-6-4-3-5-7-15/h3-7,14,16-17,19H,8-13H2,1-2H3,(H,20,21). The predicted octanol–water partition coefficient (Wildman–Crippen LogP) is 3.07. The van der Waals surface area contributed by atoms with Gasteiger partial charge in [-0.2, -0.15) is 0 Å². The number of carbonyl (C=O) groups excluding carboxylic acids is 1. The van der Waals surface area contributed by atoms with Crippen molar-refractivity contribution in [2.24, 2.45) is 5.92 Å². The third kappa shape index (κ3) is 5.50. The van der Waals surface area contributed by atoms with Crippen LogP contribution in [0.15, 0.2) is 30.3 Å². The fourth-order valence-corrected chi connectivity index (χ4v) is 2.97. The minimum atomic E-state index is 0.119. The Morgan fingerprint density at radius 1 is 1.14 bits per heavy atom. The van der Waals surface area contributed by atoms with Gasteiger partial charge in [0.2, 0.25) is 5.91 Å². The van der Waals surface area contributed by atoms with E-state index < -0.39 is 0 Å². The maximum absolute atomic E-state index is 11.7. The van der Waals surface area contributed by atoms with Crippen molar-refractivity contribution in [2.75, 3.05) is 13.1 Å². The van der Waals surface area contributed by atoms with Crippen molar-refractivity contribution >= 4 is 5.91 Å². The van der Waals surface area contributed by atoms with Crippen LogP contribution in [0.2, 0.25) is 0 Å². The summed E-state index contributed by atoms with van der Waals surface area (Å²) in [5.74, 6) is 1.32. The van der Waals surface area contributed by atoms with Crippen molar-refractivity contribution in [3.05, 3.63) is 35.9 Å². The van der Waals surface area contributed by atoms with Crippen molar-refractivity contribution in [1.29, 1.82) is 0 Å². The van der Waals surface area contributed by atoms with Gasteiger partial charge in [-0.25, -0.2) is 0 Å². The Hall–Kier alpha value is -1.35. The molecule has 21 heavy (non-hydrogen) atoms. The van der Waals surface area contributed by atoms with Crippen LogP contribution >= 0.6 is 0 Å². The van der Waals surface area contributed by atoms with E-state index >= 15 is 0 Å². The number of benzene rings is 1. The molecule has 0 radical (unpaired) electrons. The molecule has 0 heterocycles. The van der Waals surface area contributed by atoms with Crippen LogP contribution in [0.5, 0.6) is 0 Å². The van der Waals surface area contributed by atoms with Crippen LogP contribution < -0.4 is 10.6 Å². The Bertz CT molecular complexity index is 422. The number of rotatable bonds is 6. The molecule has 2 rings (SSSR count). The average molecular weight is 288 g/mol. The lowest BCUT2D eigenvalue weighted by atomic mass is 9.82. The molecule has 116 valence electrons. The second-order valence-corrected chi connectivity index (χ2v) is 6.54. The number of amides is 1. The number of hydrogen-bond donors (Lipinski definition) is 2. The number of carbonyl (C=O) groups is 1.